The highest BCUT2D eigenvalue weighted by molar-refractivity contribution is 7.08. The molecule has 2 aromatic carbocycles. The number of para-hydroxylation sites is 1. The molecule has 0 atom stereocenters. The van der Waals surface area contributed by atoms with Crippen molar-refractivity contribution in [2.24, 2.45) is 0 Å². The molecule has 3 heterocycles. The van der Waals surface area contributed by atoms with Crippen molar-refractivity contribution in [1.29, 1.82) is 0 Å². The molecule has 7 heteroatoms. The van der Waals surface area contributed by atoms with E-state index in [1.165, 1.54) is 11.3 Å². The number of aromatic nitrogens is 2. The summed E-state index contributed by atoms with van der Waals surface area (Å²) in [6.07, 6.45) is 6.92. The van der Waals surface area contributed by atoms with Crippen molar-refractivity contribution in [3.8, 4) is 16.9 Å². The second-order valence-electron chi connectivity index (χ2n) is 8.50. The second kappa shape index (κ2) is 10.5. The molecule has 2 aromatic heterocycles. The number of rotatable bonds is 6. The van der Waals surface area contributed by atoms with Crippen LogP contribution < -0.4 is 5.32 Å². The van der Waals surface area contributed by atoms with Crippen molar-refractivity contribution in [2.45, 2.75) is 18.9 Å². The Morgan fingerprint density at radius 1 is 0.971 bits per heavy atom. The molecular formula is C28H26N4O2S. The molecule has 0 spiro atoms. The topological polar surface area (TPSA) is 67.2 Å². The second-order valence-corrected chi connectivity index (χ2v) is 9.28. The van der Waals surface area contributed by atoms with Crippen molar-refractivity contribution in [1.82, 2.24) is 20.0 Å². The van der Waals surface area contributed by atoms with E-state index in [1.54, 1.807) is 6.08 Å². The maximum atomic E-state index is 12.9. The van der Waals surface area contributed by atoms with Gasteiger partial charge in [0.05, 0.1) is 11.4 Å². The summed E-state index contributed by atoms with van der Waals surface area (Å²) in [5.41, 5.74) is 4.36. The number of amides is 2. The summed E-state index contributed by atoms with van der Waals surface area (Å²) in [5.74, 6) is -0.0705. The van der Waals surface area contributed by atoms with Crippen LogP contribution in [-0.4, -0.2) is 45.6 Å². The summed E-state index contributed by atoms with van der Waals surface area (Å²) >= 11 is 1.51. The van der Waals surface area contributed by atoms with Crippen LogP contribution in [0.4, 0.5) is 0 Å². The molecule has 0 aliphatic carbocycles. The molecular weight excluding hydrogens is 456 g/mol. The molecule has 4 aromatic rings. The van der Waals surface area contributed by atoms with Crippen LogP contribution in [0.3, 0.4) is 0 Å². The lowest BCUT2D eigenvalue weighted by Gasteiger charge is -2.31. The third-order valence-corrected chi connectivity index (χ3v) is 6.82. The number of carbonyl (C=O) groups is 2. The Kier molecular flexibility index (Phi) is 6.86. The first kappa shape index (κ1) is 22.8. The van der Waals surface area contributed by atoms with E-state index < -0.39 is 0 Å². The average Bonchev–Trinajstić information content (AvgIpc) is 3.60. The van der Waals surface area contributed by atoms with Crippen molar-refractivity contribution in [2.75, 3.05) is 13.1 Å². The first-order chi connectivity index (χ1) is 17.2. The zero-order chi connectivity index (χ0) is 24.0. The lowest BCUT2D eigenvalue weighted by molar-refractivity contribution is -0.126. The van der Waals surface area contributed by atoms with Gasteiger partial charge in [0.15, 0.2) is 0 Å². The highest BCUT2D eigenvalue weighted by atomic mass is 32.1. The number of benzene rings is 2. The van der Waals surface area contributed by atoms with Gasteiger partial charge in [-0.25, -0.2) is 4.68 Å². The molecule has 0 saturated carbocycles. The molecule has 0 radical (unpaired) electrons. The van der Waals surface area contributed by atoms with Gasteiger partial charge in [0, 0.05) is 53.5 Å². The third-order valence-electron chi connectivity index (χ3n) is 6.14. The summed E-state index contributed by atoms with van der Waals surface area (Å²) in [7, 11) is 0. The normalized spacial score (nSPS) is 14.3. The number of likely N-dealkylation sites (tertiary alicyclic amines) is 1. The van der Waals surface area contributed by atoms with Crippen LogP contribution in [0.1, 0.15) is 28.8 Å². The standard InChI is InChI=1S/C28H26N4O2S/c33-26(31-16-13-24(14-17-31)29-28(34)23-15-18-35-20-23)12-11-22-19-32(25-9-5-2-6-10-25)30-27(22)21-7-3-1-4-8-21/h1-12,15,18-20,24H,13-14,16-17H2,(H,29,34). The van der Waals surface area contributed by atoms with E-state index in [2.05, 4.69) is 5.32 Å². The maximum Gasteiger partial charge on any atom is 0.252 e. The first-order valence-electron chi connectivity index (χ1n) is 11.7. The summed E-state index contributed by atoms with van der Waals surface area (Å²) in [4.78, 5) is 27.1. The molecule has 5 rings (SSSR count). The van der Waals surface area contributed by atoms with Crippen LogP contribution in [0.15, 0.2) is 89.8 Å². The van der Waals surface area contributed by atoms with Crippen LogP contribution in [0.25, 0.3) is 23.0 Å². The van der Waals surface area contributed by atoms with E-state index in [0.717, 1.165) is 35.3 Å². The minimum atomic E-state index is -0.0419. The lowest BCUT2D eigenvalue weighted by atomic mass is 10.0. The number of piperidine rings is 1. The smallest absolute Gasteiger partial charge is 0.252 e. The Labute approximate surface area is 208 Å². The van der Waals surface area contributed by atoms with E-state index in [1.807, 2.05) is 99.3 Å². The van der Waals surface area contributed by atoms with Crippen LogP contribution in [0.2, 0.25) is 0 Å². The molecule has 1 aliphatic heterocycles. The fraction of sp³-hybridized carbons (Fsp3) is 0.179. The maximum absolute atomic E-state index is 12.9. The van der Waals surface area contributed by atoms with Crippen LogP contribution in [0, 0.1) is 0 Å². The van der Waals surface area contributed by atoms with E-state index in [4.69, 9.17) is 5.10 Å². The SMILES string of the molecule is O=C(NC1CCN(C(=O)C=Cc2cn(-c3ccccc3)nc2-c2ccccc2)CC1)c1ccsc1. The Morgan fingerprint density at radius 3 is 2.37 bits per heavy atom. The molecule has 0 bridgehead atoms. The number of hydrogen-bond donors (Lipinski definition) is 1. The van der Waals surface area contributed by atoms with Crippen molar-refractivity contribution < 1.29 is 9.59 Å². The largest absolute Gasteiger partial charge is 0.349 e. The number of thiophene rings is 1. The van der Waals surface area contributed by atoms with E-state index in [9.17, 15) is 9.59 Å². The van der Waals surface area contributed by atoms with Crippen LogP contribution in [-0.2, 0) is 4.79 Å². The Hall–Kier alpha value is -3.97. The molecule has 1 fully saturated rings. The van der Waals surface area contributed by atoms with Gasteiger partial charge in [-0.05, 0) is 42.5 Å². The molecule has 2 amide bonds. The predicted molar refractivity (Wildman–Crippen MR) is 139 cm³/mol. The van der Waals surface area contributed by atoms with Crippen molar-refractivity contribution in [3.05, 3.63) is 101 Å². The molecule has 176 valence electrons. The van der Waals surface area contributed by atoms with Gasteiger partial charge in [-0.3, -0.25) is 9.59 Å². The van der Waals surface area contributed by atoms with Gasteiger partial charge in [0.25, 0.3) is 5.91 Å². The van der Waals surface area contributed by atoms with Crippen molar-refractivity contribution >= 4 is 29.2 Å². The van der Waals surface area contributed by atoms with Gasteiger partial charge < -0.3 is 10.2 Å². The quantitative estimate of drug-likeness (QED) is 0.392. The van der Waals surface area contributed by atoms with Crippen LogP contribution in [0.5, 0.6) is 0 Å². The summed E-state index contributed by atoms with van der Waals surface area (Å²) in [6.45, 7) is 1.24. The minimum absolute atomic E-state index is 0.0286. The van der Waals surface area contributed by atoms with Gasteiger partial charge in [0.1, 0.15) is 0 Å². The first-order valence-corrected chi connectivity index (χ1v) is 12.6. The van der Waals surface area contributed by atoms with E-state index >= 15 is 0 Å². The van der Waals surface area contributed by atoms with Gasteiger partial charge >= 0.3 is 0 Å². The summed E-state index contributed by atoms with van der Waals surface area (Å²) < 4.78 is 1.84. The lowest BCUT2D eigenvalue weighted by Crippen LogP contribution is -2.46. The fourth-order valence-electron chi connectivity index (χ4n) is 4.22. The molecule has 1 saturated heterocycles. The highest BCUT2D eigenvalue weighted by Crippen LogP contribution is 2.25. The zero-order valence-corrected chi connectivity index (χ0v) is 20.0. The number of carbonyl (C=O) groups excluding carboxylic acids is 2. The fourth-order valence-corrected chi connectivity index (χ4v) is 4.85. The van der Waals surface area contributed by atoms with Gasteiger partial charge in [-0.2, -0.15) is 16.4 Å². The molecule has 1 aliphatic rings. The Morgan fingerprint density at radius 2 is 1.69 bits per heavy atom. The van der Waals surface area contributed by atoms with Gasteiger partial charge in [-0.1, -0.05) is 48.5 Å². The third kappa shape index (κ3) is 5.41. The molecule has 1 N–H and O–H groups in total. The Balaban J connectivity index is 1.27. The highest BCUT2D eigenvalue weighted by Gasteiger charge is 2.23. The molecule has 0 unspecified atom stereocenters. The number of nitrogens with zero attached hydrogens (tertiary/aromatic N) is 3. The van der Waals surface area contributed by atoms with E-state index in [-0.39, 0.29) is 17.9 Å². The zero-order valence-electron chi connectivity index (χ0n) is 19.2. The molecule has 6 nitrogen and oxygen atoms in total. The average molecular weight is 483 g/mol. The monoisotopic (exact) mass is 482 g/mol. The molecule has 35 heavy (non-hydrogen) atoms. The predicted octanol–water partition coefficient (Wildman–Crippen LogP) is 5.04. The van der Waals surface area contributed by atoms with Crippen molar-refractivity contribution in [3.63, 3.8) is 0 Å². The summed E-state index contributed by atoms with van der Waals surface area (Å²) in [5, 5.41) is 11.6. The van der Waals surface area contributed by atoms with Gasteiger partial charge in [-0.15, -0.1) is 0 Å². The van der Waals surface area contributed by atoms with Gasteiger partial charge in [0.2, 0.25) is 5.91 Å². The summed E-state index contributed by atoms with van der Waals surface area (Å²) in [6, 6.07) is 21.8. The number of nitrogens with one attached hydrogen (secondary N) is 1. The number of hydrogen-bond acceptors (Lipinski definition) is 4. The van der Waals surface area contributed by atoms with Crippen LogP contribution >= 0.6 is 11.3 Å². The Bertz CT molecular complexity index is 1310. The minimum Gasteiger partial charge on any atom is -0.349 e. The van der Waals surface area contributed by atoms with E-state index in [0.29, 0.717) is 18.7 Å².